The van der Waals surface area contributed by atoms with E-state index < -0.39 is 11.5 Å². The molecule has 0 aliphatic heterocycles. The van der Waals surface area contributed by atoms with Gasteiger partial charge in [0, 0.05) is 0 Å². The highest BCUT2D eigenvalue weighted by atomic mass is 16.5. The monoisotopic (exact) mass is 130 g/mol. The second-order valence-corrected chi connectivity index (χ2v) is 1.23. The summed E-state index contributed by atoms with van der Waals surface area (Å²) in [6.07, 6.45) is 1.08. The molecule has 0 aromatic heterocycles. The van der Waals surface area contributed by atoms with Crippen LogP contribution in [-0.4, -0.2) is 24.5 Å². The molecule has 0 rings (SSSR count). The Balaban J connectivity index is 4.14. The average Bonchev–Trinajstić information content (AvgIpc) is 1.82. The second kappa shape index (κ2) is 3.65. The Morgan fingerprint density at radius 1 is 1.67 bits per heavy atom. The second-order valence-electron chi connectivity index (χ2n) is 1.23. The van der Waals surface area contributed by atoms with Crippen molar-refractivity contribution in [2.24, 2.45) is 0 Å². The highest BCUT2D eigenvalue weighted by Gasteiger charge is 2.03. The molecule has 0 aliphatic rings. The van der Waals surface area contributed by atoms with Gasteiger partial charge in [0.25, 0.3) is 0 Å². The van der Waals surface area contributed by atoms with Crippen molar-refractivity contribution >= 4 is 12.3 Å². The zero-order valence-electron chi connectivity index (χ0n) is 4.83. The first-order valence-corrected chi connectivity index (χ1v) is 2.13. The van der Waals surface area contributed by atoms with E-state index in [9.17, 15) is 9.59 Å². The van der Waals surface area contributed by atoms with Gasteiger partial charge >= 0.3 is 5.97 Å². The molecule has 0 aromatic rings. The summed E-state index contributed by atoms with van der Waals surface area (Å²) in [6, 6.07) is 0. The van der Waals surface area contributed by atoms with Crippen molar-refractivity contribution in [2.45, 2.75) is 0 Å². The topological polar surface area (TPSA) is 63.6 Å². The molecule has 4 heteroatoms. The molecular formula is C5H6O4. The fraction of sp³-hybridized carbons (Fsp3) is 0.200. The number of carbonyl (C=O) groups is 2. The van der Waals surface area contributed by atoms with Crippen LogP contribution in [0.25, 0.3) is 0 Å². The smallest absolute Gasteiger partial charge is 0.342 e. The van der Waals surface area contributed by atoms with Crippen LogP contribution in [0.1, 0.15) is 0 Å². The van der Waals surface area contributed by atoms with Crippen LogP contribution in [0.2, 0.25) is 0 Å². The maximum absolute atomic E-state index is 9.94. The molecule has 0 radical (unpaired) electrons. The Kier molecular flexibility index (Phi) is 3.12. The van der Waals surface area contributed by atoms with Gasteiger partial charge in [-0.15, -0.1) is 0 Å². The van der Waals surface area contributed by atoms with Gasteiger partial charge in [-0.2, -0.15) is 0 Å². The van der Waals surface area contributed by atoms with Crippen LogP contribution in [0.4, 0.5) is 0 Å². The molecule has 4 nitrogen and oxygen atoms in total. The van der Waals surface area contributed by atoms with E-state index >= 15 is 0 Å². The van der Waals surface area contributed by atoms with Gasteiger partial charge < -0.3 is 9.84 Å². The minimum absolute atomic E-state index is 0.214. The first-order chi connectivity index (χ1) is 4.22. The van der Waals surface area contributed by atoms with Gasteiger partial charge in [-0.05, 0) is 0 Å². The fourth-order valence-corrected chi connectivity index (χ4v) is 0.256. The summed E-state index contributed by atoms with van der Waals surface area (Å²) in [5.74, 6) is -1.29. The van der Waals surface area contributed by atoms with Gasteiger partial charge in [0.2, 0.25) is 0 Å². The normalized spacial score (nSPS) is 10.6. The quantitative estimate of drug-likeness (QED) is 0.189. The van der Waals surface area contributed by atoms with Gasteiger partial charge in [-0.25, -0.2) is 4.79 Å². The van der Waals surface area contributed by atoms with E-state index in [0.29, 0.717) is 0 Å². The van der Waals surface area contributed by atoms with Crippen LogP contribution in [0, 0.1) is 0 Å². The minimum Gasteiger partial charge on any atom is -0.503 e. The van der Waals surface area contributed by atoms with Crippen molar-refractivity contribution in [3.8, 4) is 0 Å². The molecule has 1 N–H and O–H groups in total. The third-order valence-electron chi connectivity index (χ3n) is 0.619. The summed E-state index contributed by atoms with van der Waals surface area (Å²) in [5, 5.41) is 8.12. The molecule has 0 saturated carbocycles. The number of aldehydes is 1. The molecule has 0 unspecified atom stereocenters. The molecule has 0 aromatic carbocycles. The van der Waals surface area contributed by atoms with Gasteiger partial charge in [-0.1, -0.05) is 0 Å². The summed E-state index contributed by atoms with van der Waals surface area (Å²) in [5.41, 5.74) is -0.391. The van der Waals surface area contributed by atoms with Crippen LogP contribution < -0.4 is 0 Å². The molecule has 50 valence electrons. The van der Waals surface area contributed by atoms with Crippen molar-refractivity contribution in [1.82, 2.24) is 0 Å². The molecule has 0 atom stereocenters. The van der Waals surface area contributed by atoms with Crippen molar-refractivity contribution in [2.75, 3.05) is 7.11 Å². The summed E-state index contributed by atoms with van der Waals surface area (Å²) >= 11 is 0. The lowest BCUT2D eigenvalue weighted by Gasteiger charge is -1.88. The summed E-state index contributed by atoms with van der Waals surface area (Å²) in [6.45, 7) is 0. The van der Waals surface area contributed by atoms with Crippen molar-refractivity contribution in [3.63, 3.8) is 0 Å². The predicted octanol–water partition coefficient (Wildman–Crippen LogP) is -0.200. The van der Waals surface area contributed by atoms with Crippen LogP contribution in [0.15, 0.2) is 11.8 Å². The van der Waals surface area contributed by atoms with Gasteiger partial charge in [0.05, 0.1) is 7.11 Å². The molecule has 0 amide bonds. The lowest BCUT2D eigenvalue weighted by molar-refractivity contribution is -0.133. The van der Waals surface area contributed by atoms with E-state index in [4.69, 9.17) is 5.11 Å². The van der Waals surface area contributed by atoms with Gasteiger partial charge in [-0.3, -0.25) is 4.79 Å². The Labute approximate surface area is 51.7 Å². The summed E-state index contributed by atoms with van der Waals surface area (Å²) < 4.78 is 4.28. The number of ether oxygens (including phenoxy) is 1. The van der Waals surface area contributed by atoms with Crippen molar-refractivity contribution in [1.29, 1.82) is 0 Å². The summed E-state index contributed by atoms with van der Waals surface area (Å²) in [7, 11) is 1.27. The molecule has 0 saturated heterocycles. The highest BCUT2D eigenvalue weighted by molar-refractivity contribution is 6.06. The standard InChI is InChI=1S/C5H6O4/c1-9-3-4(2-6)5(7)8/h2-3H,1H3,(H,7,8)/b4-3-. The Bertz CT molecular complexity index is 147. The van der Waals surface area contributed by atoms with Gasteiger partial charge in [0.15, 0.2) is 6.29 Å². The van der Waals surface area contributed by atoms with E-state index in [1.807, 2.05) is 0 Å². The number of hydrogen-bond acceptors (Lipinski definition) is 3. The molecule has 0 heterocycles. The Morgan fingerprint density at radius 2 is 2.22 bits per heavy atom. The van der Waals surface area contributed by atoms with E-state index in [1.165, 1.54) is 7.11 Å². The molecule has 0 spiro atoms. The highest BCUT2D eigenvalue weighted by Crippen LogP contribution is 1.87. The molecule has 0 aliphatic carbocycles. The fourth-order valence-electron chi connectivity index (χ4n) is 0.256. The first kappa shape index (κ1) is 7.68. The zero-order chi connectivity index (χ0) is 7.28. The first-order valence-electron chi connectivity index (χ1n) is 2.13. The SMILES string of the molecule is CO/C=C(/C=O)C(=O)O. The number of carboxylic acid groups (broad SMARTS) is 1. The van der Waals surface area contributed by atoms with E-state index in [1.54, 1.807) is 0 Å². The van der Waals surface area contributed by atoms with Crippen LogP contribution in [0.3, 0.4) is 0 Å². The largest absolute Gasteiger partial charge is 0.503 e. The lowest BCUT2D eigenvalue weighted by Crippen LogP contribution is -2.01. The van der Waals surface area contributed by atoms with Crippen LogP contribution in [-0.2, 0) is 14.3 Å². The Morgan fingerprint density at radius 3 is 2.33 bits per heavy atom. The number of methoxy groups -OCH3 is 1. The van der Waals surface area contributed by atoms with E-state index in [0.717, 1.165) is 6.26 Å². The average molecular weight is 130 g/mol. The van der Waals surface area contributed by atoms with Gasteiger partial charge in [0.1, 0.15) is 11.8 Å². The number of carboxylic acids is 1. The molecule has 9 heavy (non-hydrogen) atoms. The van der Waals surface area contributed by atoms with E-state index in [-0.39, 0.29) is 6.29 Å². The number of rotatable bonds is 3. The van der Waals surface area contributed by atoms with Crippen molar-refractivity contribution in [3.05, 3.63) is 11.8 Å². The number of carbonyl (C=O) groups excluding carboxylic acids is 1. The van der Waals surface area contributed by atoms with Crippen LogP contribution in [0.5, 0.6) is 0 Å². The predicted molar refractivity (Wildman–Crippen MR) is 28.8 cm³/mol. The Hall–Kier alpha value is -1.32. The van der Waals surface area contributed by atoms with Crippen LogP contribution >= 0.6 is 0 Å². The van der Waals surface area contributed by atoms with Crippen molar-refractivity contribution < 1.29 is 19.4 Å². The maximum Gasteiger partial charge on any atom is 0.342 e. The zero-order valence-corrected chi connectivity index (χ0v) is 4.83. The maximum atomic E-state index is 9.94. The summed E-state index contributed by atoms with van der Waals surface area (Å²) in [4.78, 5) is 19.7. The number of aliphatic carboxylic acids is 1. The molecule has 0 bridgehead atoms. The lowest BCUT2D eigenvalue weighted by atomic mass is 10.3. The minimum atomic E-state index is -1.29. The third kappa shape index (κ3) is 2.48. The molecule has 0 fully saturated rings. The molecular weight excluding hydrogens is 124 g/mol. The van der Waals surface area contributed by atoms with E-state index in [2.05, 4.69) is 4.74 Å². The number of hydrogen-bond donors (Lipinski definition) is 1. The third-order valence-corrected chi connectivity index (χ3v) is 0.619.